The molecule has 39 heavy (non-hydrogen) atoms. The molecule has 0 aliphatic carbocycles. The van der Waals surface area contributed by atoms with Gasteiger partial charge in [0.2, 0.25) is 5.91 Å². The molecule has 1 saturated heterocycles. The van der Waals surface area contributed by atoms with E-state index < -0.39 is 22.4 Å². The number of rotatable bonds is 8. The summed E-state index contributed by atoms with van der Waals surface area (Å²) >= 11 is 9.67. The number of hydrogen-bond acceptors (Lipinski definition) is 8. The summed E-state index contributed by atoms with van der Waals surface area (Å²) in [6.07, 6.45) is -2.12. The van der Waals surface area contributed by atoms with Crippen LogP contribution >= 0.6 is 45.6 Å². The molecule has 4 heterocycles. The van der Waals surface area contributed by atoms with E-state index in [1.807, 2.05) is 11.4 Å². The van der Waals surface area contributed by atoms with E-state index in [0.717, 1.165) is 26.7 Å². The van der Waals surface area contributed by atoms with Gasteiger partial charge in [0.05, 0.1) is 15.8 Å². The van der Waals surface area contributed by atoms with Crippen molar-refractivity contribution in [3.8, 4) is 26.8 Å². The molecule has 7 nitrogen and oxygen atoms in total. The number of thiophene rings is 2. The summed E-state index contributed by atoms with van der Waals surface area (Å²) in [5.41, 5.74) is 1.51. The number of hydrogen-bond donors (Lipinski definition) is 1. The standard InChI is InChI=1S/C24H19ClF3N3O4S4/c25-20-7-8-21(38-20)39(33,34)31-10-1-2-17(31)22(32)29-13-19-16(9-11-36-19)23-30-12-18(37-23)14-3-5-15(6-4-14)35-24(26,27)28/h3-9,11-12,17H,1-2,10,13H2,(H,29,32)/t17-/m0/s1. The maximum Gasteiger partial charge on any atom is 0.573 e. The lowest BCUT2D eigenvalue weighted by atomic mass is 10.2. The van der Waals surface area contributed by atoms with Crippen LogP contribution in [0.1, 0.15) is 17.7 Å². The number of carbonyl (C=O) groups is 1. The molecule has 1 fully saturated rings. The minimum absolute atomic E-state index is 0.106. The SMILES string of the molecule is O=C(NCc1sccc1-c1ncc(-c2ccc(OC(F)(F)F)cc2)s1)[C@@H]1CCCN1S(=O)(=O)c1ccc(Cl)s1. The summed E-state index contributed by atoms with van der Waals surface area (Å²) in [5.74, 6) is -0.682. The largest absolute Gasteiger partial charge is 0.573 e. The van der Waals surface area contributed by atoms with Crippen LogP contribution in [0, 0.1) is 0 Å². The van der Waals surface area contributed by atoms with Gasteiger partial charge < -0.3 is 10.1 Å². The first kappa shape index (κ1) is 28.1. The number of nitrogens with zero attached hydrogens (tertiary/aromatic N) is 2. The Labute approximate surface area is 238 Å². The molecule has 0 saturated carbocycles. The Bertz CT molecular complexity index is 1580. The molecule has 0 bridgehead atoms. The van der Waals surface area contributed by atoms with Gasteiger partial charge in [-0.2, -0.15) is 4.31 Å². The van der Waals surface area contributed by atoms with Crippen molar-refractivity contribution in [1.82, 2.24) is 14.6 Å². The number of aromatic nitrogens is 1. The first-order valence-electron chi connectivity index (χ1n) is 11.4. The number of amides is 1. The Morgan fingerprint density at radius 2 is 1.92 bits per heavy atom. The summed E-state index contributed by atoms with van der Waals surface area (Å²) in [5, 5.41) is 5.43. The predicted molar refractivity (Wildman–Crippen MR) is 146 cm³/mol. The number of ether oxygens (including phenoxy) is 1. The van der Waals surface area contributed by atoms with Gasteiger partial charge in [0, 0.05) is 23.2 Å². The molecule has 15 heteroatoms. The summed E-state index contributed by atoms with van der Waals surface area (Å²) < 4.78 is 69.0. The Morgan fingerprint density at radius 3 is 2.62 bits per heavy atom. The van der Waals surface area contributed by atoms with Crippen molar-refractivity contribution in [3.63, 3.8) is 0 Å². The first-order valence-corrected chi connectivity index (χ1v) is 15.8. The number of thiazole rings is 1. The lowest BCUT2D eigenvalue weighted by Crippen LogP contribution is -2.45. The van der Waals surface area contributed by atoms with E-state index >= 15 is 0 Å². The second-order valence-corrected chi connectivity index (χ2v) is 14.3. The molecule has 1 aliphatic rings. The first-order chi connectivity index (χ1) is 18.5. The van der Waals surface area contributed by atoms with Gasteiger partial charge in [0.25, 0.3) is 10.0 Å². The fourth-order valence-corrected chi connectivity index (χ4v) is 9.27. The fourth-order valence-electron chi connectivity index (χ4n) is 4.15. The van der Waals surface area contributed by atoms with Gasteiger partial charge in [-0.1, -0.05) is 11.6 Å². The van der Waals surface area contributed by atoms with E-state index in [1.165, 1.54) is 63.4 Å². The third-order valence-corrected chi connectivity index (χ3v) is 11.5. The maximum atomic E-state index is 13.1. The average molecular weight is 634 g/mol. The number of alkyl halides is 3. The highest BCUT2D eigenvalue weighted by Gasteiger charge is 2.40. The van der Waals surface area contributed by atoms with Crippen molar-refractivity contribution < 1.29 is 31.1 Å². The average Bonchev–Trinajstić information content (AvgIpc) is 3.68. The molecule has 0 unspecified atom stereocenters. The van der Waals surface area contributed by atoms with Crippen molar-refractivity contribution in [2.75, 3.05) is 6.54 Å². The molecule has 206 valence electrons. The van der Waals surface area contributed by atoms with Crippen LogP contribution in [0.2, 0.25) is 4.34 Å². The predicted octanol–water partition coefficient (Wildman–Crippen LogP) is 6.62. The van der Waals surface area contributed by atoms with Crippen LogP contribution in [0.25, 0.3) is 21.0 Å². The number of benzene rings is 1. The van der Waals surface area contributed by atoms with E-state index in [1.54, 1.807) is 6.20 Å². The molecule has 1 atom stereocenters. The monoisotopic (exact) mass is 633 g/mol. The van der Waals surface area contributed by atoms with Gasteiger partial charge in [-0.25, -0.2) is 13.4 Å². The zero-order chi connectivity index (χ0) is 27.8. The number of carbonyl (C=O) groups excluding carboxylic acids is 1. The van der Waals surface area contributed by atoms with Crippen molar-refractivity contribution in [3.05, 3.63) is 63.3 Å². The number of nitrogens with one attached hydrogen (secondary N) is 1. The summed E-state index contributed by atoms with van der Waals surface area (Å²) in [7, 11) is -3.83. The van der Waals surface area contributed by atoms with Gasteiger partial charge >= 0.3 is 6.36 Å². The zero-order valence-corrected chi connectivity index (χ0v) is 23.8. The highest BCUT2D eigenvalue weighted by molar-refractivity contribution is 7.91. The number of sulfonamides is 1. The molecule has 0 radical (unpaired) electrons. The van der Waals surface area contributed by atoms with E-state index in [9.17, 15) is 26.4 Å². The van der Waals surface area contributed by atoms with Gasteiger partial charge in [-0.3, -0.25) is 4.79 Å². The smallest absolute Gasteiger partial charge is 0.406 e. The maximum absolute atomic E-state index is 13.1. The van der Waals surface area contributed by atoms with Gasteiger partial charge in [0.1, 0.15) is 21.0 Å². The zero-order valence-electron chi connectivity index (χ0n) is 19.8. The molecular formula is C24H19ClF3N3O4S4. The molecular weight excluding hydrogens is 615 g/mol. The topological polar surface area (TPSA) is 88.6 Å². The van der Waals surface area contributed by atoms with E-state index in [0.29, 0.717) is 27.7 Å². The Hall–Kier alpha value is -2.49. The van der Waals surface area contributed by atoms with E-state index in [-0.39, 0.29) is 29.0 Å². The summed E-state index contributed by atoms with van der Waals surface area (Å²) in [6, 6.07) is 9.57. The number of halogens is 4. The van der Waals surface area contributed by atoms with E-state index in [2.05, 4.69) is 15.0 Å². The van der Waals surface area contributed by atoms with Crippen molar-refractivity contribution >= 4 is 61.5 Å². The molecule has 1 aromatic carbocycles. The van der Waals surface area contributed by atoms with Crippen LogP contribution in [0.3, 0.4) is 0 Å². The third-order valence-electron chi connectivity index (χ3n) is 5.89. The fraction of sp³-hybridized carbons (Fsp3) is 0.250. The molecule has 3 aromatic heterocycles. The summed E-state index contributed by atoms with van der Waals surface area (Å²) in [6.45, 7) is 0.449. The highest BCUT2D eigenvalue weighted by atomic mass is 35.5. The van der Waals surface area contributed by atoms with Crippen LogP contribution in [0.15, 0.2) is 58.3 Å². The van der Waals surface area contributed by atoms with Crippen LogP contribution in [-0.2, 0) is 21.4 Å². The minimum Gasteiger partial charge on any atom is -0.406 e. The summed E-state index contributed by atoms with van der Waals surface area (Å²) in [4.78, 5) is 19.1. The lowest BCUT2D eigenvalue weighted by molar-refractivity contribution is -0.274. The van der Waals surface area contributed by atoms with E-state index in [4.69, 9.17) is 11.6 Å². The van der Waals surface area contributed by atoms with Crippen LogP contribution in [-0.4, -0.2) is 42.6 Å². The highest BCUT2D eigenvalue weighted by Crippen LogP contribution is 2.37. The van der Waals surface area contributed by atoms with Gasteiger partial charge in [-0.15, -0.1) is 47.2 Å². The van der Waals surface area contributed by atoms with Crippen molar-refractivity contribution in [1.29, 1.82) is 0 Å². The Balaban J connectivity index is 1.26. The Kier molecular flexibility index (Phi) is 8.04. The van der Waals surface area contributed by atoms with Crippen LogP contribution in [0.4, 0.5) is 13.2 Å². The Morgan fingerprint density at radius 1 is 1.15 bits per heavy atom. The van der Waals surface area contributed by atoms with Gasteiger partial charge in [0.15, 0.2) is 0 Å². The minimum atomic E-state index is -4.76. The quantitative estimate of drug-likeness (QED) is 0.236. The molecule has 0 spiro atoms. The van der Waals surface area contributed by atoms with Crippen molar-refractivity contribution in [2.45, 2.75) is 36.0 Å². The molecule has 1 N–H and O–H groups in total. The molecule has 1 aliphatic heterocycles. The van der Waals surface area contributed by atoms with Gasteiger partial charge in [-0.05, 0) is 66.2 Å². The van der Waals surface area contributed by atoms with Crippen LogP contribution < -0.4 is 10.1 Å². The molecule has 1 amide bonds. The molecule has 4 aromatic rings. The van der Waals surface area contributed by atoms with Crippen LogP contribution in [0.5, 0.6) is 5.75 Å². The normalized spacial score (nSPS) is 16.5. The second-order valence-electron chi connectivity index (χ2n) is 8.41. The van der Waals surface area contributed by atoms with Crippen molar-refractivity contribution in [2.24, 2.45) is 0 Å². The molecule has 5 rings (SSSR count). The lowest BCUT2D eigenvalue weighted by Gasteiger charge is -2.22. The third kappa shape index (κ3) is 6.31. The second kappa shape index (κ2) is 11.2.